The maximum absolute atomic E-state index is 11.2. The molecular formula is C10H17O5P. The Morgan fingerprint density at radius 3 is 2.56 bits per heavy atom. The molecule has 0 aliphatic carbocycles. The normalized spacial score (nSPS) is 13.9. The molecule has 2 unspecified atom stereocenters. The Labute approximate surface area is 97.0 Å². The number of carbonyl (C=O) groups is 1. The maximum atomic E-state index is 11.2. The lowest BCUT2D eigenvalue weighted by atomic mass is 10.4. The van der Waals surface area contributed by atoms with Crippen LogP contribution in [0.3, 0.4) is 0 Å². The first-order valence-corrected chi connectivity index (χ1v) is 5.77. The summed E-state index contributed by atoms with van der Waals surface area (Å²) in [5.74, 6) is -0.549. The summed E-state index contributed by atoms with van der Waals surface area (Å²) in [6.45, 7) is 10.7. The number of rotatable bonds is 8. The number of hydrogen-bond donors (Lipinski definition) is 0. The topological polar surface area (TPSA) is 54.0 Å². The fourth-order valence-corrected chi connectivity index (χ4v) is 1.40. The first-order valence-electron chi connectivity index (χ1n) is 4.68. The average Bonchev–Trinajstić information content (AvgIpc) is 2.26. The van der Waals surface area contributed by atoms with Crippen molar-refractivity contribution in [2.45, 2.75) is 20.1 Å². The Bertz CT molecular complexity index is 254. The highest BCUT2D eigenvalue weighted by molar-refractivity contribution is 7.41. The van der Waals surface area contributed by atoms with Gasteiger partial charge in [-0.3, -0.25) is 4.52 Å². The molecule has 0 fully saturated rings. The molecule has 0 heterocycles. The third kappa shape index (κ3) is 5.98. The molecule has 0 amide bonds. The van der Waals surface area contributed by atoms with Gasteiger partial charge in [-0.05, 0) is 19.9 Å². The summed E-state index contributed by atoms with van der Waals surface area (Å²) < 4.78 is 20.2. The largest absolute Gasteiger partial charge is 0.428 e. The molecule has 0 N–H and O–H groups in total. The summed E-state index contributed by atoms with van der Waals surface area (Å²) in [7, 11) is -0.0852. The average molecular weight is 248 g/mol. The van der Waals surface area contributed by atoms with Crippen LogP contribution < -0.4 is 0 Å². The van der Waals surface area contributed by atoms with Gasteiger partial charge in [0.1, 0.15) is 0 Å². The maximum Gasteiger partial charge on any atom is 0.335 e. The van der Waals surface area contributed by atoms with E-state index in [0.29, 0.717) is 6.61 Å². The molecule has 92 valence electrons. The third-order valence-electron chi connectivity index (χ3n) is 1.34. The van der Waals surface area contributed by atoms with Crippen molar-refractivity contribution in [1.29, 1.82) is 0 Å². The fourth-order valence-electron chi connectivity index (χ4n) is 0.635. The lowest BCUT2D eigenvalue weighted by Crippen LogP contribution is -2.18. The molecule has 0 aromatic heterocycles. The van der Waals surface area contributed by atoms with Gasteiger partial charge in [-0.15, -0.1) is 0 Å². The van der Waals surface area contributed by atoms with Gasteiger partial charge in [0.2, 0.25) is 6.29 Å². The Morgan fingerprint density at radius 1 is 1.56 bits per heavy atom. The van der Waals surface area contributed by atoms with E-state index in [1.165, 1.54) is 13.2 Å². The van der Waals surface area contributed by atoms with Gasteiger partial charge >= 0.3 is 14.6 Å². The first-order chi connectivity index (χ1) is 7.54. The molecule has 0 saturated carbocycles. The van der Waals surface area contributed by atoms with Crippen LogP contribution in [0.5, 0.6) is 0 Å². The van der Waals surface area contributed by atoms with Crippen LogP contribution in [-0.4, -0.2) is 26.0 Å². The number of esters is 1. The molecule has 16 heavy (non-hydrogen) atoms. The van der Waals surface area contributed by atoms with Gasteiger partial charge in [-0.2, -0.15) is 0 Å². The molecule has 0 bridgehead atoms. The van der Waals surface area contributed by atoms with Gasteiger partial charge in [-0.25, -0.2) is 4.79 Å². The van der Waals surface area contributed by atoms with Crippen LogP contribution in [0.1, 0.15) is 13.8 Å². The van der Waals surface area contributed by atoms with E-state index in [0.717, 1.165) is 0 Å². The van der Waals surface area contributed by atoms with E-state index in [2.05, 4.69) is 13.2 Å². The molecule has 5 nitrogen and oxygen atoms in total. The molecule has 0 radical (unpaired) electrons. The molecule has 6 heteroatoms. The molecule has 0 aliphatic heterocycles. The summed E-state index contributed by atoms with van der Waals surface area (Å²) in [6.07, 6.45) is 0.440. The number of carbonyl (C=O) groups excluding carboxylic acids is 1. The van der Waals surface area contributed by atoms with E-state index in [4.69, 9.17) is 18.3 Å². The summed E-state index contributed by atoms with van der Waals surface area (Å²) in [5.41, 5.74) is 0.286. The highest BCUT2D eigenvalue weighted by atomic mass is 31.2. The molecule has 0 aromatic rings. The number of hydrogen-bond acceptors (Lipinski definition) is 5. The molecule has 2 atom stereocenters. The van der Waals surface area contributed by atoms with Gasteiger partial charge in [-0.1, -0.05) is 13.2 Å². The van der Waals surface area contributed by atoms with Crippen molar-refractivity contribution in [3.8, 4) is 0 Å². The lowest BCUT2D eigenvalue weighted by Gasteiger charge is -2.19. The van der Waals surface area contributed by atoms with E-state index < -0.39 is 20.9 Å². The monoisotopic (exact) mass is 248 g/mol. The molecule has 0 aromatic carbocycles. The van der Waals surface area contributed by atoms with Crippen LogP contribution in [0.4, 0.5) is 0 Å². The van der Waals surface area contributed by atoms with Crippen LogP contribution in [0.2, 0.25) is 0 Å². The minimum Gasteiger partial charge on any atom is -0.428 e. The zero-order valence-electron chi connectivity index (χ0n) is 9.76. The third-order valence-corrected chi connectivity index (χ3v) is 2.48. The Morgan fingerprint density at radius 2 is 2.19 bits per heavy atom. The van der Waals surface area contributed by atoms with Gasteiger partial charge in [0.05, 0.1) is 6.61 Å². The SMILES string of the molecule is C=CC(OC(=O)C(=C)C)OP(OC)OCC. The van der Waals surface area contributed by atoms with Gasteiger partial charge in [0.25, 0.3) is 0 Å². The quantitative estimate of drug-likeness (QED) is 0.217. The van der Waals surface area contributed by atoms with Crippen molar-refractivity contribution in [2.75, 3.05) is 13.7 Å². The van der Waals surface area contributed by atoms with Crippen LogP contribution in [0.25, 0.3) is 0 Å². The second-order valence-electron chi connectivity index (χ2n) is 2.72. The minimum atomic E-state index is -1.53. The molecule has 0 saturated heterocycles. The predicted molar refractivity (Wildman–Crippen MR) is 61.5 cm³/mol. The molecule has 0 rings (SSSR count). The highest BCUT2D eigenvalue weighted by Crippen LogP contribution is 2.40. The zero-order chi connectivity index (χ0) is 12.6. The van der Waals surface area contributed by atoms with E-state index in [1.54, 1.807) is 13.8 Å². The van der Waals surface area contributed by atoms with E-state index in [1.807, 2.05) is 0 Å². The fraction of sp³-hybridized carbons (Fsp3) is 0.500. The van der Waals surface area contributed by atoms with Crippen LogP contribution in [0, 0.1) is 0 Å². The van der Waals surface area contributed by atoms with E-state index in [9.17, 15) is 4.79 Å². The zero-order valence-corrected chi connectivity index (χ0v) is 10.7. The first kappa shape index (κ1) is 15.3. The van der Waals surface area contributed by atoms with E-state index in [-0.39, 0.29) is 5.57 Å². The highest BCUT2D eigenvalue weighted by Gasteiger charge is 2.19. The molecular weight excluding hydrogens is 231 g/mol. The van der Waals surface area contributed by atoms with Crippen molar-refractivity contribution in [3.63, 3.8) is 0 Å². The van der Waals surface area contributed by atoms with Crippen LogP contribution >= 0.6 is 8.60 Å². The predicted octanol–water partition coefficient (Wildman–Crippen LogP) is 2.54. The van der Waals surface area contributed by atoms with E-state index >= 15 is 0 Å². The van der Waals surface area contributed by atoms with Gasteiger partial charge in [0, 0.05) is 12.7 Å². The molecule has 0 spiro atoms. The van der Waals surface area contributed by atoms with Crippen molar-refractivity contribution < 1.29 is 23.1 Å². The second-order valence-corrected chi connectivity index (χ2v) is 4.00. The smallest absolute Gasteiger partial charge is 0.335 e. The Balaban J connectivity index is 4.22. The summed E-state index contributed by atoms with van der Waals surface area (Å²) >= 11 is 0. The number of ether oxygens (including phenoxy) is 1. The van der Waals surface area contributed by atoms with Crippen molar-refractivity contribution >= 4 is 14.6 Å². The van der Waals surface area contributed by atoms with Crippen molar-refractivity contribution in [3.05, 3.63) is 24.8 Å². The van der Waals surface area contributed by atoms with Gasteiger partial charge < -0.3 is 13.8 Å². The summed E-state index contributed by atoms with van der Waals surface area (Å²) in [4.78, 5) is 11.2. The van der Waals surface area contributed by atoms with Crippen LogP contribution in [-0.2, 0) is 23.1 Å². The molecule has 0 aliphatic rings. The second kappa shape index (κ2) is 8.42. The standard InChI is InChI=1S/C10H17O5P/c1-6-9(14-10(11)8(3)4)15-16(12-5)13-7-2/h6,9H,1,3,7H2,2,4-5H3. The lowest BCUT2D eigenvalue weighted by molar-refractivity contribution is -0.153. The Hall–Kier alpha value is -0.740. The Kier molecular flexibility index (Phi) is 8.03. The summed E-state index contributed by atoms with van der Waals surface area (Å²) in [5, 5.41) is 0. The van der Waals surface area contributed by atoms with Crippen molar-refractivity contribution in [2.24, 2.45) is 0 Å². The van der Waals surface area contributed by atoms with Crippen LogP contribution in [0.15, 0.2) is 24.8 Å². The van der Waals surface area contributed by atoms with Gasteiger partial charge in [0.15, 0.2) is 0 Å². The van der Waals surface area contributed by atoms with Crippen molar-refractivity contribution in [1.82, 2.24) is 0 Å². The summed E-state index contributed by atoms with van der Waals surface area (Å²) in [6, 6.07) is 0. The minimum absolute atomic E-state index is 0.286.